The van der Waals surface area contributed by atoms with Crippen LogP contribution in [0.5, 0.6) is 11.5 Å². The largest absolute Gasteiger partial charge is 0.490 e. The summed E-state index contributed by atoms with van der Waals surface area (Å²) >= 11 is 1.10. The molecule has 7 rings (SSSR count). The molecule has 3 aromatic carbocycles. The van der Waals surface area contributed by atoms with Crippen molar-refractivity contribution in [2.75, 3.05) is 13.2 Å². The van der Waals surface area contributed by atoms with Crippen LogP contribution < -0.4 is 9.47 Å². The molecule has 0 bridgehead atoms. The molecule has 0 saturated heterocycles. The quantitative estimate of drug-likeness (QED) is 0.345. The number of H-pyrrole nitrogens is 1. The highest BCUT2D eigenvalue weighted by Gasteiger charge is 2.48. The maximum absolute atomic E-state index is 13.4. The predicted octanol–water partition coefficient (Wildman–Crippen LogP) is 4.13. The Balaban J connectivity index is 1.40. The molecule has 1 atom stereocenters. The van der Waals surface area contributed by atoms with Gasteiger partial charge in [-0.05, 0) is 53.6 Å². The molecule has 9 nitrogen and oxygen atoms in total. The molecular formula is C27H20N4O5S. The lowest BCUT2D eigenvalue weighted by Crippen LogP contribution is -2.29. The Bertz CT molecular complexity index is 1720. The molecule has 4 heterocycles. The fourth-order valence-electron chi connectivity index (χ4n) is 4.88. The number of carbonyl (C=O) groups is 1. The van der Waals surface area contributed by atoms with Gasteiger partial charge in [0.15, 0.2) is 11.5 Å². The summed E-state index contributed by atoms with van der Waals surface area (Å²) in [4.78, 5) is 20.8. The number of ether oxygens (including phenoxy) is 3. The Morgan fingerprint density at radius 3 is 2.73 bits per heavy atom. The summed E-state index contributed by atoms with van der Waals surface area (Å²) in [5.74, 6) is -1.54. The third-order valence-electron chi connectivity index (χ3n) is 6.70. The van der Waals surface area contributed by atoms with Gasteiger partial charge in [0.1, 0.15) is 11.0 Å². The van der Waals surface area contributed by atoms with Crippen molar-refractivity contribution in [1.29, 1.82) is 0 Å². The number of hydrogen-bond acceptors (Lipinski definition) is 9. The molecular weight excluding hydrogens is 492 g/mol. The van der Waals surface area contributed by atoms with E-state index < -0.39 is 11.8 Å². The van der Waals surface area contributed by atoms with Gasteiger partial charge >= 0.3 is 5.97 Å². The van der Waals surface area contributed by atoms with Crippen LogP contribution in [-0.4, -0.2) is 43.0 Å². The fourth-order valence-corrected chi connectivity index (χ4v) is 5.39. The first-order valence-electron chi connectivity index (χ1n) is 11.8. The number of hydrogen-bond donors (Lipinski definition) is 2. The highest BCUT2D eigenvalue weighted by Crippen LogP contribution is 2.47. The summed E-state index contributed by atoms with van der Waals surface area (Å²) in [5.41, 5.74) is 5.68. The third kappa shape index (κ3) is 3.64. The number of aromatic amines is 1. The second-order valence-corrected chi connectivity index (χ2v) is 9.53. The lowest BCUT2D eigenvalue weighted by Gasteiger charge is -2.26. The summed E-state index contributed by atoms with van der Waals surface area (Å²) in [5, 5.41) is 12.1. The van der Waals surface area contributed by atoms with Crippen molar-refractivity contribution >= 4 is 45.3 Å². The van der Waals surface area contributed by atoms with E-state index >= 15 is 0 Å². The number of imidazole rings is 1. The van der Waals surface area contributed by atoms with E-state index in [1.54, 1.807) is 36.7 Å². The minimum Gasteiger partial charge on any atom is -0.490 e. The van der Waals surface area contributed by atoms with Crippen LogP contribution >= 0.6 is 11.7 Å². The molecule has 2 N–H and O–H groups in total. The molecule has 2 aromatic heterocycles. The van der Waals surface area contributed by atoms with Gasteiger partial charge in [-0.25, -0.2) is 9.78 Å². The number of esters is 1. The number of cyclic esters (lactones) is 1. The van der Waals surface area contributed by atoms with Crippen LogP contribution in [0.3, 0.4) is 0 Å². The van der Waals surface area contributed by atoms with Gasteiger partial charge < -0.3 is 24.3 Å². The van der Waals surface area contributed by atoms with Crippen LogP contribution in [0.4, 0.5) is 0 Å². The molecule has 37 heavy (non-hydrogen) atoms. The average Bonchev–Trinajstić information content (AvgIpc) is 3.57. The number of aromatic nitrogens is 4. The van der Waals surface area contributed by atoms with Crippen molar-refractivity contribution in [1.82, 2.24) is 18.7 Å². The van der Waals surface area contributed by atoms with Crippen molar-refractivity contribution in [2.45, 2.75) is 18.6 Å². The monoisotopic (exact) mass is 512 g/mol. The van der Waals surface area contributed by atoms with Crippen LogP contribution in [0.25, 0.3) is 27.6 Å². The van der Waals surface area contributed by atoms with E-state index in [1.165, 1.54) is 0 Å². The minimum absolute atomic E-state index is 0.252. The molecule has 0 radical (unpaired) electrons. The summed E-state index contributed by atoms with van der Waals surface area (Å²) in [6.45, 7) is 1.04. The Morgan fingerprint density at radius 1 is 0.946 bits per heavy atom. The topological polar surface area (TPSA) is 119 Å². The number of rotatable bonds is 4. The number of benzene rings is 3. The molecule has 0 aliphatic carbocycles. The van der Waals surface area contributed by atoms with Gasteiger partial charge in [0.05, 0.1) is 47.9 Å². The second kappa shape index (κ2) is 8.39. The molecule has 2 aliphatic rings. The van der Waals surface area contributed by atoms with Crippen LogP contribution in [-0.2, 0) is 21.7 Å². The van der Waals surface area contributed by atoms with Gasteiger partial charge in [-0.15, -0.1) is 0 Å². The van der Waals surface area contributed by atoms with Gasteiger partial charge in [0.2, 0.25) is 0 Å². The maximum atomic E-state index is 13.4. The number of fused-ring (bicyclic) bond motifs is 3. The second-order valence-electron chi connectivity index (χ2n) is 9.00. The molecule has 2 aliphatic heterocycles. The Hall–Kier alpha value is -4.28. The van der Waals surface area contributed by atoms with Crippen molar-refractivity contribution in [2.24, 2.45) is 0 Å². The molecule has 5 aromatic rings. The molecule has 1 unspecified atom stereocenters. The van der Waals surface area contributed by atoms with Crippen molar-refractivity contribution in [3.05, 3.63) is 83.2 Å². The van der Waals surface area contributed by atoms with Crippen molar-refractivity contribution in [3.8, 4) is 11.5 Å². The van der Waals surface area contributed by atoms with Gasteiger partial charge in [-0.3, -0.25) is 0 Å². The zero-order chi connectivity index (χ0) is 25.0. The van der Waals surface area contributed by atoms with E-state index in [0.29, 0.717) is 52.5 Å². The Kier molecular flexibility index (Phi) is 4.98. The van der Waals surface area contributed by atoms with Gasteiger partial charge in [0.25, 0.3) is 5.79 Å². The molecule has 0 amide bonds. The van der Waals surface area contributed by atoms with Crippen LogP contribution in [0.1, 0.15) is 23.1 Å². The lowest BCUT2D eigenvalue weighted by molar-refractivity contribution is -0.185. The molecule has 0 fully saturated rings. The number of nitrogens with one attached hydrogen (secondary N) is 1. The van der Waals surface area contributed by atoms with Crippen LogP contribution in [0.2, 0.25) is 0 Å². The van der Waals surface area contributed by atoms with Gasteiger partial charge in [-0.1, -0.05) is 12.1 Å². The van der Waals surface area contributed by atoms with Crippen LogP contribution in [0, 0.1) is 0 Å². The summed E-state index contributed by atoms with van der Waals surface area (Å²) < 4.78 is 25.9. The van der Waals surface area contributed by atoms with E-state index in [2.05, 4.69) is 18.7 Å². The standard InChI is InChI=1S/C27H20N4O5S/c32-26-25(16-3-6-20-22(12-16)31-37-30-20)18(10-15-2-5-19-21(11-15)29-14-28-19)27(33,36-26)17-4-7-23-24(13-17)35-9-1-8-34-23/h2-7,11-14,33H,1,8-10H2,(H,28,29). The number of nitrogens with zero attached hydrogens (tertiary/aromatic N) is 3. The van der Waals surface area contributed by atoms with E-state index in [0.717, 1.165) is 40.3 Å². The third-order valence-corrected chi connectivity index (χ3v) is 7.26. The van der Waals surface area contributed by atoms with E-state index in [9.17, 15) is 9.90 Å². The van der Waals surface area contributed by atoms with E-state index in [-0.39, 0.29) is 6.42 Å². The zero-order valence-corrected chi connectivity index (χ0v) is 20.2. The molecule has 184 valence electrons. The Labute approximate surface area is 214 Å². The van der Waals surface area contributed by atoms with Gasteiger partial charge in [-0.2, -0.15) is 8.75 Å². The first kappa shape index (κ1) is 22.0. The van der Waals surface area contributed by atoms with E-state index in [1.807, 2.05) is 24.3 Å². The normalized spacial score (nSPS) is 19.4. The Morgan fingerprint density at radius 2 is 1.81 bits per heavy atom. The number of aliphatic hydroxyl groups is 1. The predicted molar refractivity (Wildman–Crippen MR) is 136 cm³/mol. The smallest absolute Gasteiger partial charge is 0.342 e. The van der Waals surface area contributed by atoms with Crippen LogP contribution in [0.15, 0.2) is 66.5 Å². The summed E-state index contributed by atoms with van der Waals surface area (Å²) in [6, 6.07) is 16.3. The summed E-state index contributed by atoms with van der Waals surface area (Å²) in [7, 11) is 0. The van der Waals surface area contributed by atoms with Crippen molar-refractivity contribution < 1.29 is 24.1 Å². The highest BCUT2D eigenvalue weighted by molar-refractivity contribution is 7.00. The molecule has 10 heteroatoms. The lowest BCUT2D eigenvalue weighted by atomic mass is 9.87. The van der Waals surface area contributed by atoms with Crippen molar-refractivity contribution in [3.63, 3.8) is 0 Å². The highest BCUT2D eigenvalue weighted by atomic mass is 32.1. The first-order chi connectivity index (χ1) is 18.1. The van der Waals surface area contributed by atoms with E-state index in [4.69, 9.17) is 14.2 Å². The summed E-state index contributed by atoms with van der Waals surface area (Å²) in [6.07, 6.45) is 2.64. The molecule has 0 saturated carbocycles. The minimum atomic E-state index is -2.01. The number of carbonyl (C=O) groups excluding carboxylic acids is 1. The maximum Gasteiger partial charge on any atom is 0.342 e. The molecule has 0 spiro atoms. The SMILES string of the molecule is O=C1OC(O)(c2ccc3c(c2)OCCCO3)C(Cc2ccc3[nH]cnc3c2)=C1c1ccc2nsnc2c1. The fraction of sp³-hybridized carbons (Fsp3) is 0.185. The average molecular weight is 513 g/mol. The first-order valence-corrected chi connectivity index (χ1v) is 12.6. The zero-order valence-electron chi connectivity index (χ0n) is 19.4. The van der Waals surface area contributed by atoms with Gasteiger partial charge in [0, 0.05) is 24.0 Å².